The molecule has 0 radical (unpaired) electrons. The summed E-state index contributed by atoms with van der Waals surface area (Å²) in [6.45, 7) is 6.88. The Labute approximate surface area is 125 Å². The van der Waals surface area contributed by atoms with Crippen molar-refractivity contribution in [3.05, 3.63) is 71.8 Å². The van der Waals surface area contributed by atoms with Gasteiger partial charge in [0.05, 0.1) is 5.54 Å². The number of benzene rings is 2. The van der Waals surface area contributed by atoms with Crippen LogP contribution < -0.4 is 0 Å². The molecule has 0 bridgehead atoms. The van der Waals surface area contributed by atoms with Gasteiger partial charge in [0.2, 0.25) is 0 Å². The Morgan fingerprint density at radius 3 is 1.57 bits per heavy atom. The highest BCUT2D eigenvalue weighted by molar-refractivity contribution is 5.48. The first-order chi connectivity index (χ1) is 10.0. The van der Waals surface area contributed by atoms with Gasteiger partial charge in [-0.05, 0) is 18.1 Å². The lowest BCUT2D eigenvalue weighted by atomic mass is 9.77. The van der Waals surface area contributed by atoms with E-state index in [0.717, 1.165) is 0 Å². The van der Waals surface area contributed by atoms with Crippen molar-refractivity contribution in [2.45, 2.75) is 31.8 Å². The second-order valence-electron chi connectivity index (χ2n) is 7.00. The van der Waals surface area contributed by atoms with Crippen LogP contribution in [0.2, 0.25) is 0 Å². The van der Waals surface area contributed by atoms with Crippen LogP contribution in [0.5, 0.6) is 0 Å². The van der Waals surface area contributed by atoms with Crippen molar-refractivity contribution in [2.75, 3.05) is 0 Å². The molecule has 21 heavy (non-hydrogen) atoms. The minimum Gasteiger partial charge on any atom is -0.185 e. The Kier molecular flexibility index (Phi) is 2.32. The van der Waals surface area contributed by atoms with Crippen LogP contribution in [0.1, 0.15) is 31.9 Å². The smallest absolute Gasteiger partial charge is 0.137 e. The van der Waals surface area contributed by atoms with Crippen LogP contribution in [0.15, 0.2) is 70.9 Å². The van der Waals surface area contributed by atoms with Crippen molar-refractivity contribution in [3.8, 4) is 0 Å². The third-order valence-corrected chi connectivity index (χ3v) is 5.77. The molecule has 0 spiro atoms. The summed E-state index contributed by atoms with van der Waals surface area (Å²) in [5.74, 6) is 0.419. The van der Waals surface area contributed by atoms with Gasteiger partial charge in [-0.3, -0.25) is 0 Å². The van der Waals surface area contributed by atoms with E-state index in [-0.39, 0.29) is 16.5 Å². The molecule has 1 saturated carbocycles. The van der Waals surface area contributed by atoms with E-state index in [1.807, 2.05) is 0 Å². The fourth-order valence-electron chi connectivity index (χ4n) is 4.31. The average molecular weight is 276 g/mol. The quantitative estimate of drug-likeness (QED) is 0.752. The summed E-state index contributed by atoms with van der Waals surface area (Å²) < 4.78 is 0. The maximum Gasteiger partial charge on any atom is 0.137 e. The van der Waals surface area contributed by atoms with Crippen molar-refractivity contribution in [3.63, 3.8) is 0 Å². The van der Waals surface area contributed by atoms with Gasteiger partial charge in [0.15, 0.2) is 0 Å². The number of azo groups is 1. The average Bonchev–Trinajstić information content (AvgIpc) is 2.82. The molecule has 0 aromatic heterocycles. The van der Waals surface area contributed by atoms with Crippen molar-refractivity contribution < 1.29 is 0 Å². The fraction of sp³-hybridized carbons (Fsp3) is 0.368. The number of rotatable bonds is 2. The van der Waals surface area contributed by atoms with E-state index in [9.17, 15) is 0 Å². The molecule has 2 atom stereocenters. The summed E-state index contributed by atoms with van der Waals surface area (Å²) in [5.41, 5.74) is 2.30. The van der Waals surface area contributed by atoms with E-state index in [1.165, 1.54) is 11.1 Å². The molecule has 0 N–H and O–H groups in total. The second-order valence-corrected chi connectivity index (χ2v) is 7.00. The molecule has 106 valence electrons. The maximum absolute atomic E-state index is 4.83. The van der Waals surface area contributed by atoms with Crippen LogP contribution in [0.25, 0.3) is 0 Å². The first kappa shape index (κ1) is 12.8. The van der Waals surface area contributed by atoms with Gasteiger partial charge in [-0.2, -0.15) is 10.2 Å². The molecular weight excluding hydrogens is 256 g/mol. The molecule has 2 aromatic rings. The van der Waals surface area contributed by atoms with Crippen LogP contribution >= 0.6 is 0 Å². The Bertz CT molecular complexity index is 663. The van der Waals surface area contributed by atoms with E-state index in [2.05, 4.69) is 81.4 Å². The largest absolute Gasteiger partial charge is 0.185 e. The molecule has 4 rings (SSSR count). The molecule has 1 aliphatic carbocycles. The molecule has 0 saturated heterocycles. The van der Waals surface area contributed by atoms with E-state index < -0.39 is 0 Å². The summed E-state index contributed by atoms with van der Waals surface area (Å²) in [4.78, 5) is 0. The van der Waals surface area contributed by atoms with Crippen LogP contribution in [0, 0.1) is 11.3 Å². The van der Waals surface area contributed by atoms with Gasteiger partial charge in [-0.15, -0.1) is 0 Å². The molecule has 2 aromatic carbocycles. The lowest BCUT2D eigenvalue weighted by Crippen LogP contribution is -2.29. The number of hydrogen-bond donors (Lipinski definition) is 0. The monoisotopic (exact) mass is 276 g/mol. The van der Waals surface area contributed by atoms with Gasteiger partial charge < -0.3 is 0 Å². The van der Waals surface area contributed by atoms with Crippen molar-refractivity contribution >= 4 is 0 Å². The van der Waals surface area contributed by atoms with Crippen molar-refractivity contribution in [1.29, 1.82) is 0 Å². The minimum absolute atomic E-state index is 0.0430. The molecule has 2 heteroatoms. The number of nitrogens with zero attached hydrogens (tertiary/aromatic N) is 2. The van der Waals surface area contributed by atoms with Gasteiger partial charge in [0.1, 0.15) is 5.54 Å². The zero-order chi connectivity index (χ0) is 14.7. The van der Waals surface area contributed by atoms with Crippen LogP contribution in [-0.4, -0.2) is 5.54 Å². The Morgan fingerprint density at radius 1 is 0.714 bits per heavy atom. The molecule has 1 fully saturated rings. The number of hydrogen-bond acceptors (Lipinski definition) is 2. The third-order valence-electron chi connectivity index (χ3n) is 5.77. The lowest BCUT2D eigenvalue weighted by molar-refractivity contribution is 0.379. The van der Waals surface area contributed by atoms with Gasteiger partial charge in [-0.25, -0.2) is 0 Å². The topological polar surface area (TPSA) is 24.7 Å². The maximum atomic E-state index is 4.83. The third kappa shape index (κ3) is 1.38. The highest BCUT2D eigenvalue weighted by atomic mass is 15.3. The van der Waals surface area contributed by atoms with Crippen molar-refractivity contribution in [2.24, 2.45) is 21.6 Å². The molecule has 2 aliphatic rings. The van der Waals surface area contributed by atoms with Crippen LogP contribution in [-0.2, 0) is 5.54 Å². The van der Waals surface area contributed by atoms with Crippen molar-refractivity contribution in [1.82, 2.24) is 0 Å². The first-order valence-electron chi connectivity index (χ1n) is 7.58. The molecule has 0 unspecified atom stereocenters. The predicted octanol–water partition coefficient (Wildman–Crippen LogP) is 4.81. The number of fused-ring (bicyclic) bond motifs is 1. The SMILES string of the molecule is CC1(C)[C@@H]2C(c3ccccc3)(c3ccccc3)N=N[C@@]21C. The van der Waals surface area contributed by atoms with E-state index in [1.54, 1.807) is 0 Å². The Morgan fingerprint density at radius 2 is 1.19 bits per heavy atom. The molecular formula is C19H20N2. The van der Waals surface area contributed by atoms with Gasteiger partial charge >= 0.3 is 0 Å². The summed E-state index contributed by atoms with van der Waals surface area (Å²) in [6.07, 6.45) is 0. The Hall–Kier alpha value is -1.96. The zero-order valence-corrected chi connectivity index (χ0v) is 12.7. The highest BCUT2D eigenvalue weighted by Gasteiger charge is 2.80. The molecule has 1 aliphatic heterocycles. The van der Waals surface area contributed by atoms with E-state index in [4.69, 9.17) is 10.2 Å². The first-order valence-corrected chi connectivity index (χ1v) is 7.58. The summed E-state index contributed by atoms with van der Waals surface area (Å²) in [7, 11) is 0. The standard InChI is InChI=1S/C19H20N2/c1-17(2)16-18(17,3)20-21-19(16,14-10-6-4-7-11-14)15-12-8-5-9-13-15/h4-13,16H,1-3H3/t16-,18-/m0/s1. The minimum atomic E-state index is -0.333. The predicted molar refractivity (Wildman–Crippen MR) is 84.2 cm³/mol. The zero-order valence-electron chi connectivity index (χ0n) is 12.7. The molecule has 2 nitrogen and oxygen atoms in total. The summed E-state index contributed by atoms with van der Waals surface area (Å²) in [6, 6.07) is 21.3. The van der Waals surface area contributed by atoms with Gasteiger partial charge in [-0.1, -0.05) is 74.5 Å². The van der Waals surface area contributed by atoms with Crippen LogP contribution in [0.4, 0.5) is 0 Å². The Balaban J connectivity index is 1.97. The van der Waals surface area contributed by atoms with Gasteiger partial charge in [0.25, 0.3) is 0 Å². The summed E-state index contributed by atoms with van der Waals surface area (Å²) in [5, 5.41) is 9.56. The fourth-order valence-corrected chi connectivity index (χ4v) is 4.31. The lowest BCUT2D eigenvalue weighted by Gasteiger charge is -2.30. The summed E-state index contributed by atoms with van der Waals surface area (Å²) >= 11 is 0. The second kappa shape index (κ2) is 3.82. The van der Waals surface area contributed by atoms with E-state index >= 15 is 0 Å². The normalized spacial score (nSPS) is 30.9. The van der Waals surface area contributed by atoms with Gasteiger partial charge in [0, 0.05) is 11.3 Å². The molecule has 0 amide bonds. The van der Waals surface area contributed by atoms with E-state index in [0.29, 0.717) is 5.92 Å². The molecule has 1 heterocycles. The highest BCUT2D eigenvalue weighted by Crippen LogP contribution is 2.75. The van der Waals surface area contributed by atoms with Crippen LogP contribution in [0.3, 0.4) is 0 Å².